The Labute approximate surface area is 131 Å². The number of benzene rings is 2. The lowest BCUT2D eigenvalue weighted by molar-refractivity contribution is 0.00589. The van der Waals surface area contributed by atoms with E-state index in [0.29, 0.717) is 6.61 Å². The number of halogens is 1. The molecule has 1 heterocycles. The molecule has 4 nitrogen and oxygen atoms in total. The van der Waals surface area contributed by atoms with Crippen LogP contribution < -0.4 is 4.74 Å². The maximum Gasteiger partial charge on any atom is 0.189 e. The third kappa shape index (κ3) is 3.25. The second kappa shape index (κ2) is 6.28. The Balaban J connectivity index is 1.64. The summed E-state index contributed by atoms with van der Waals surface area (Å²) in [6, 6.07) is 13.9. The van der Waals surface area contributed by atoms with E-state index in [0.717, 1.165) is 26.7 Å². The Hall–Kier alpha value is -1.85. The second-order valence-electron chi connectivity index (χ2n) is 4.71. The van der Waals surface area contributed by atoms with Crippen LogP contribution in [0.2, 0.25) is 0 Å². The fourth-order valence-corrected chi connectivity index (χ4v) is 2.55. The van der Waals surface area contributed by atoms with Gasteiger partial charge in [0.1, 0.15) is 11.3 Å². The van der Waals surface area contributed by atoms with Gasteiger partial charge in [-0.1, -0.05) is 30.3 Å². The van der Waals surface area contributed by atoms with Crippen molar-refractivity contribution in [3.05, 3.63) is 58.7 Å². The molecule has 1 aromatic heterocycles. The van der Waals surface area contributed by atoms with Crippen LogP contribution in [0.15, 0.2) is 53.1 Å². The van der Waals surface area contributed by atoms with Crippen LogP contribution in [0.1, 0.15) is 5.56 Å². The average molecular weight is 347 g/mol. The Morgan fingerprint density at radius 1 is 1.14 bits per heavy atom. The predicted octanol–water partition coefficient (Wildman–Crippen LogP) is 3.89. The summed E-state index contributed by atoms with van der Waals surface area (Å²) in [4.78, 5) is 0. The van der Waals surface area contributed by atoms with Crippen molar-refractivity contribution in [2.75, 3.05) is 6.79 Å². The van der Waals surface area contributed by atoms with Gasteiger partial charge >= 0.3 is 0 Å². The fraction of sp³-hybridized carbons (Fsp3) is 0.188. The standard InChI is InChI=1S/C16H15BrN2O2/c1-19-9-13-15(8-7-14(17)16(13)18-19)21-11-20-10-12-5-3-2-4-6-12/h2-9H,10-11H2,1H3. The van der Waals surface area contributed by atoms with Gasteiger partial charge in [-0.15, -0.1) is 0 Å². The van der Waals surface area contributed by atoms with Crippen molar-refractivity contribution >= 4 is 26.8 Å². The zero-order chi connectivity index (χ0) is 14.7. The van der Waals surface area contributed by atoms with E-state index < -0.39 is 0 Å². The van der Waals surface area contributed by atoms with E-state index in [2.05, 4.69) is 21.0 Å². The molecule has 3 aromatic rings. The number of rotatable bonds is 5. The predicted molar refractivity (Wildman–Crippen MR) is 85.1 cm³/mol. The molecule has 0 atom stereocenters. The van der Waals surface area contributed by atoms with Crippen molar-refractivity contribution < 1.29 is 9.47 Å². The summed E-state index contributed by atoms with van der Waals surface area (Å²) in [6.45, 7) is 0.744. The van der Waals surface area contributed by atoms with Gasteiger partial charge in [-0.25, -0.2) is 0 Å². The third-order valence-corrected chi connectivity index (χ3v) is 3.75. The molecule has 0 spiro atoms. The van der Waals surface area contributed by atoms with Crippen LogP contribution in [-0.4, -0.2) is 16.6 Å². The first kappa shape index (κ1) is 14.1. The molecule has 0 unspecified atom stereocenters. The van der Waals surface area contributed by atoms with Crippen LogP contribution in [0, 0.1) is 0 Å². The Morgan fingerprint density at radius 3 is 2.76 bits per heavy atom. The fourth-order valence-electron chi connectivity index (χ4n) is 2.13. The summed E-state index contributed by atoms with van der Waals surface area (Å²) in [5, 5.41) is 5.37. The van der Waals surface area contributed by atoms with Crippen molar-refractivity contribution in [2.45, 2.75) is 6.61 Å². The molecule has 21 heavy (non-hydrogen) atoms. The average Bonchev–Trinajstić information content (AvgIpc) is 2.89. The van der Waals surface area contributed by atoms with Gasteiger partial charge in [0.2, 0.25) is 0 Å². The smallest absolute Gasteiger partial charge is 0.189 e. The van der Waals surface area contributed by atoms with E-state index in [4.69, 9.17) is 9.47 Å². The molecule has 3 rings (SSSR count). The van der Waals surface area contributed by atoms with E-state index in [9.17, 15) is 0 Å². The number of ether oxygens (including phenoxy) is 2. The number of hydrogen-bond donors (Lipinski definition) is 0. The van der Waals surface area contributed by atoms with Crippen LogP contribution in [-0.2, 0) is 18.4 Å². The van der Waals surface area contributed by atoms with Crippen molar-refractivity contribution in [2.24, 2.45) is 7.05 Å². The normalized spacial score (nSPS) is 11.0. The lowest BCUT2D eigenvalue weighted by atomic mass is 10.2. The Bertz CT molecular complexity index is 741. The summed E-state index contributed by atoms with van der Waals surface area (Å²) >= 11 is 3.49. The lowest BCUT2D eigenvalue weighted by Crippen LogP contribution is -2.03. The van der Waals surface area contributed by atoms with Gasteiger partial charge in [-0.3, -0.25) is 4.68 Å². The van der Waals surface area contributed by atoms with Crippen LogP contribution in [0.25, 0.3) is 10.9 Å². The van der Waals surface area contributed by atoms with E-state index >= 15 is 0 Å². The second-order valence-corrected chi connectivity index (χ2v) is 5.56. The van der Waals surface area contributed by atoms with Crippen molar-refractivity contribution in [3.8, 4) is 5.75 Å². The zero-order valence-corrected chi connectivity index (χ0v) is 13.2. The molecule has 0 bridgehead atoms. The molecular weight excluding hydrogens is 332 g/mol. The molecule has 0 aliphatic rings. The molecule has 2 aromatic carbocycles. The van der Waals surface area contributed by atoms with Crippen molar-refractivity contribution in [3.63, 3.8) is 0 Å². The number of aryl methyl sites for hydroxylation is 1. The molecule has 5 heteroatoms. The van der Waals surface area contributed by atoms with Gasteiger partial charge in [0.25, 0.3) is 0 Å². The van der Waals surface area contributed by atoms with Crippen LogP contribution in [0.4, 0.5) is 0 Å². The molecule has 0 aliphatic heterocycles. The maximum atomic E-state index is 5.71. The molecule has 0 fully saturated rings. The maximum absolute atomic E-state index is 5.71. The molecule has 0 amide bonds. The lowest BCUT2D eigenvalue weighted by Gasteiger charge is -2.08. The first-order chi connectivity index (χ1) is 10.2. The minimum absolute atomic E-state index is 0.209. The Kier molecular flexibility index (Phi) is 4.22. The molecule has 0 saturated heterocycles. The van der Waals surface area contributed by atoms with Crippen LogP contribution in [0.5, 0.6) is 5.75 Å². The molecule has 0 saturated carbocycles. The minimum Gasteiger partial charge on any atom is -0.467 e. The van der Waals surface area contributed by atoms with Gasteiger partial charge in [-0.2, -0.15) is 5.10 Å². The van der Waals surface area contributed by atoms with Crippen molar-refractivity contribution in [1.29, 1.82) is 0 Å². The van der Waals surface area contributed by atoms with E-state index in [1.807, 2.05) is 55.7 Å². The highest BCUT2D eigenvalue weighted by molar-refractivity contribution is 9.10. The van der Waals surface area contributed by atoms with Gasteiger partial charge in [0, 0.05) is 17.7 Å². The van der Waals surface area contributed by atoms with E-state index in [1.54, 1.807) is 4.68 Å². The zero-order valence-electron chi connectivity index (χ0n) is 11.6. The van der Waals surface area contributed by atoms with Gasteiger partial charge in [-0.05, 0) is 33.6 Å². The third-order valence-electron chi connectivity index (χ3n) is 3.11. The highest BCUT2D eigenvalue weighted by atomic mass is 79.9. The largest absolute Gasteiger partial charge is 0.467 e. The van der Waals surface area contributed by atoms with Gasteiger partial charge < -0.3 is 9.47 Å². The number of nitrogens with zero attached hydrogens (tertiary/aromatic N) is 2. The van der Waals surface area contributed by atoms with E-state index in [-0.39, 0.29) is 6.79 Å². The topological polar surface area (TPSA) is 36.3 Å². The minimum atomic E-state index is 0.209. The van der Waals surface area contributed by atoms with Crippen molar-refractivity contribution in [1.82, 2.24) is 9.78 Å². The summed E-state index contributed by atoms with van der Waals surface area (Å²) in [6.07, 6.45) is 1.94. The van der Waals surface area contributed by atoms with Crippen LogP contribution >= 0.6 is 15.9 Å². The van der Waals surface area contributed by atoms with Gasteiger partial charge in [0.05, 0.1) is 12.0 Å². The summed E-state index contributed by atoms with van der Waals surface area (Å²) in [5.74, 6) is 0.773. The van der Waals surface area contributed by atoms with Crippen LogP contribution in [0.3, 0.4) is 0 Å². The first-order valence-corrected chi connectivity index (χ1v) is 7.39. The molecule has 0 aliphatic carbocycles. The highest BCUT2D eigenvalue weighted by Gasteiger charge is 2.09. The quantitative estimate of drug-likeness (QED) is 0.519. The number of aromatic nitrogens is 2. The summed E-state index contributed by atoms with van der Waals surface area (Å²) < 4.78 is 14.0. The Morgan fingerprint density at radius 2 is 1.95 bits per heavy atom. The highest BCUT2D eigenvalue weighted by Crippen LogP contribution is 2.30. The number of fused-ring (bicyclic) bond motifs is 1. The molecule has 108 valence electrons. The molecule has 0 radical (unpaired) electrons. The van der Waals surface area contributed by atoms with E-state index in [1.165, 1.54) is 0 Å². The summed E-state index contributed by atoms with van der Waals surface area (Å²) in [7, 11) is 1.89. The summed E-state index contributed by atoms with van der Waals surface area (Å²) in [5.41, 5.74) is 2.02. The molecule has 0 N–H and O–H groups in total. The first-order valence-electron chi connectivity index (χ1n) is 6.60. The van der Waals surface area contributed by atoms with Gasteiger partial charge in [0.15, 0.2) is 6.79 Å². The monoisotopic (exact) mass is 346 g/mol. The molecular formula is C16H15BrN2O2. The SMILES string of the molecule is Cn1cc2c(OCOCc3ccccc3)ccc(Br)c2n1. The number of hydrogen-bond acceptors (Lipinski definition) is 3.